The standard InChI is InChI=1S/C14H14Br2F3NO/c15-9-5-8(6-10(16)7-9)13(21)20-12-4-2-1-3-11(12)14(17,18)19/h5-7,11-12H,1-4H2,(H,20,21). The summed E-state index contributed by atoms with van der Waals surface area (Å²) in [5, 5.41) is 2.55. The molecule has 1 fully saturated rings. The average Bonchev–Trinajstić information content (AvgIpc) is 2.37. The van der Waals surface area contributed by atoms with Crippen LogP contribution in [0.15, 0.2) is 27.1 Å². The molecule has 21 heavy (non-hydrogen) atoms. The monoisotopic (exact) mass is 427 g/mol. The van der Waals surface area contributed by atoms with E-state index in [2.05, 4.69) is 37.2 Å². The topological polar surface area (TPSA) is 29.1 Å². The second-order valence-electron chi connectivity index (χ2n) is 5.17. The van der Waals surface area contributed by atoms with Crippen molar-refractivity contribution in [3.05, 3.63) is 32.7 Å². The fourth-order valence-corrected chi connectivity index (χ4v) is 3.93. The normalized spacial score (nSPS) is 22.9. The summed E-state index contributed by atoms with van der Waals surface area (Å²) in [5.41, 5.74) is 0.336. The lowest BCUT2D eigenvalue weighted by Gasteiger charge is -2.33. The van der Waals surface area contributed by atoms with Gasteiger partial charge in [0, 0.05) is 20.6 Å². The Morgan fingerprint density at radius 1 is 1.10 bits per heavy atom. The molecule has 1 N–H and O–H groups in total. The van der Waals surface area contributed by atoms with Crippen LogP contribution in [0.25, 0.3) is 0 Å². The predicted molar refractivity (Wildman–Crippen MR) is 81.1 cm³/mol. The lowest BCUT2D eigenvalue weighted by atomic mass is 9.84. The fourth-order valence-electron chi connectivity index (χ4n) is 2.63. The second-order valence-corrected chi connectivity index (χ2v) is 7.00. The Morgan fingerprint density at radius 2 is 1.67 bits per heavy atom. The summed E-state index contributed by atoms with van der Waals surface area (Å²) in [6.45, 7) is 0. The Hall–Kier alpha value is -0.560. The zero-order valence-electron chi connectivity index (χ0n) is 11.0. The van der Waals surface area contributed by atoms with Gasteiger partial charge in [0.25, 0.3) is 5.91 Å². The molecular formula is C14H14Br2F3NO. The van der Waals surface area contributed by atoms with Crippen molar-refractivity contribution in [2.24, 2.45) is 5.92 Å². The Kier molecular flexibility index (Phi) is 5.35. The molecule has 1 aromatic rings. The first kappa shape index (κ1) is 16.8. The van der Waals surface area contributed by atoms with E-state index in [0.29, 0.717) is 33.8 Å². The number of hydrogen-bond acceptors (Lipinski definition) is 1. The van der Waals surface area contributed by atoms with Crippen molar-refractivity contribution in [1.29, 1.82) is 0 Å². The molecule has 0 heterocycles. The molecule has 116 valence electrons. The summed E-state index contributed by atoms with van der Waals surface area (Å²) in [7, 11) is 0. The van der Waals surface area contributed by atoms with E-state index >= 15 is 0 Å². The fraction of sp³-hybridized carbons (Fsp3) is 0.500. The molecule has 0 saturated heterocycles. The van der Waals surface area contributed by atoms with Crippen LogP contribution >= 0.6 is 31.9 Å². The van der Waals surface area contributed by atoms with Gasteiger partial charge < -0.3 is 5.32 Å². The van der Waals surface area contributed by atoms with Crippen molar-refractivity contribution < 1.29 is 18.0 Å². The van der Waals surface area contributed by atoms with Crippen LogP contribution < -0.4 is 5.32 Å². The maximum absolute atomic E-state index is 13.0. The summed E-state index contributed by atoms with van der Waals surface area (Å²) in [6, 6.07) is 4.09. The Morgan fingerprint density at radius 3 is 2.24 bits per heavy atom. The van der Waals surface area contributed by atoms with Crippen molar-refractivity contribution in [3.63, 3.8) is 0 Å². The van der Waals surface area contributed by atoms with Gasteiger partial charge in [-0.2, -0.15) is 13.2 Å². The van der Waals surface area contributed by atoms with E-state index in [9.17, 15) is 18.0 Å². The number of hydrogen-bond donors (Lipinski definition) is 1. The molecule has 1 saturated carbocycles. The number of amides is 1. The van der Waals surface area contributed by atoms with E-state index in [4.69, 9.17) is 0 Å². The first-order valence-corrected chi connectivity index (χ1v) is 8.19. The smallest absolute Gasteiger partial charge is 0.349 e. The van der Waals surface area contributed by atoms with E-state index in [0.717, 1.165) is 0 Å². The maximum Gasteiger partial charge on any atom is 0.393 e. The van der Waals surface area contributed by atoms with Crippen molar-refractivity contribution in [2.75, 3.05) is 0 Å². The summed E-state index contributed by atoms with van der Waals surface area (Å²) < 4.78 is 40.4. The Bertz CT molecular complexity index is 513. The van der Waals surface area contributed by atoms with Crippen molar-refractivity contribution in [2.45, 2.75) is 37.9 Å². The Labute approximate surface area is 137 Å². The molecule has 0 aromatic heterocycles. The van der Waals surface area contributed by atoms with E-state index in [1.165, 1.54) is 0 Å². The van der Waals surface area contributed by atoms with Crippen molar-refractivity contribution in [1.82, 2.24) is 5.32 Å². The van der Waals surface area contributed by atoms with Gasteiger partial charge >= 0.3 is 6.18 Å². The first-order valence-electron chi connectivity index (χ1n) is 6.61. The number of rotatable bonds is 2. The third-order valence-electron chi connectivity index (χ3n) is 3.63. The highest BCUT2D eigenvalue weighted by Crippen LogP contribution is 2.37. The molecule has 1 amide bonds. The minimum absolute atomic E-state index is 0.0800. The summed E-state index contributed by atoms with van der Waals surface area (Å²) in [6.07, 6.45) is -2.56. The van der Waals surface area contributed by atoms with Gasteiger partial charge in [-0.25, -0.2) is 0 Å². The minimum Gasteiger partial charge on any atom is -0.349 e. The van der Waals surface area contributed by atoms with Crippen LogP contribution in [0.4, 0.5) is 13.2 Å². The highest BCUT2D eigenvalue weighted by atomic mass is 79.9. The molecule has 0 spiro atoms. The minimum atomic E-state index is -4.27. The van der Waals surface area contributed by atoms with Gasteiger partial charge in [-0.1, -0.05) is 44.7 Å². The van der Waals surface area contributed by atoms with Gasteiger partial charge in [0.1, 0.15) is 0 Å². The van der Waals surface area contributed by atoms with Crippen LogP contribution in [-0.2, 0) is 0 Å². The summed E-state index contributed by atoms with van der Waals surface area (Å²) >= 11 is 6.52. The SMILES string of the molecule is O=C(NC1CCCCC1C(F)(F)F)c1cc(Br)cc(Br)c1. The number of alkyl halides is 3. The molecule has 1 aliphatic carbocycles. The molecule has 0 aliphatic heterocycles. The van der Waals surface area contributed by atoms with E-state index in [1.807, 2.05) is 0 Å². The highest BCUT2D eigenvalue weighted by molar-refractivity contribution is 9.11. The second kappa shape index (κ2) is 6.69. The van der Waals surface area contributed by atoms with Crippen LogP contribution in [-0.4, -0.2) is 18.1 Å². The lowest BCUT2D eigenvalue weighted by molar-refractivity contribution is -0.187. The third kappa shape index (κ3) is 4.45. The Balaban J connectivity index is 2.13. The number of nitrogens with one attached hydrogen (secondary N) is 1. The van der Waals surface area contributed by atoms with E-state index in [-0.39, 0.29) is 6.42 Å². The van der Waals surface area contributed by atoms with Crippen molar-refractivity contribution in [3.8, 4) is 0 Å². The van der Waals surface area contributed by atoms with Gasteiger partial charge in [-0.3, -0.25) is 4.79 Å². The van der Waals surface area contributed by atoms with Crippen LogP contribution in [0.5, 0.6) is 0 Å². The van der Waals surface area contributed by atoms with E-state index in [1.54, 1.807) is 18.2 Å². The van der Waals surface area contributed by atoms with Gasteiger partial charge in [0.05, 0.1) is 5.92 Å². The highest BCUT2D eigenvalue weighted by Gasteiger charge is 2.45. The molecule has 2 atom stereocenters. The maximum atomic E-state index is 13.0. The zero-order chi connectivity index (χ0) is 15.6. The molecule has 0 bridgehead atoms. The van der Waals surface area contributed by atoms with Gasteiger partial charge in [0.15, 0.2) is 0 Å². The van der Waals surface area contributed by atoms with Crippen LogP contribution in [0.2, 0.25) is 0 Å². The molecule has 2 rings (SSSR count). The molecule has 0 radical (unpaired) electrons. The first-order chi connectivity index (χ1) is 9.77. The zero-order valence-corrected chi connectivity index (χ0v) is 14.2. The molecule has 1 aromatic carbocycles. The molecular weight excluding hydrogens is 415 g/mol. The quantitative estimate of drug-likeness (QED) is 0.700. The summed E-state index contributed by atoms with van der Waals surface area (Å²) in [5.74, 6) is -1.93. The largest absolute Gasteiger partial charge is 0.393 e. The van der Waals surface area contributed by atoms with Crippen LogP contribution in [0.1, 0.15) is 36.0 Å². The molecule has 1 aliphatic rings. The van der Waals surface area contributed by atoms with Crippen LogP contribution in [0, 0.1) is 5.92 Å². The number of benzene rings is 1. The van der Waals surface area contributed by atoms with Crippen LogP contribution in [0.3, 0.4) is 0 Å². The molecule has 2 unspecified atom stereocenters. The average molecular weight is 429 g/mol. The number of carbonyl (C=O) groups is 1. The van der Waals surface area contributed by atoms with E-state index < -0.39 is 24.0 Å². The summed E-state index contributed by atoms with van der Waals surface area (Å²) in [4.78, 5) is 12.2. The van der Waals surface area contributed by atoms with Gasteiger partial charge in [0.2, 0.25) is 0 Å². The van der Waals surface area contributed by atoms with Gasteiger partial charge in [-0.05, 0) is 31.0 Å². The van der Waals surface area contributed by atoms with Crippen molar-refractivity contribution >= 4 is 37.8 Å². The third-order valence-corrected chi connectivity index (χ3v) is 4.54. The number of halogens is 5. The number of carbonyl (C=O) groups excluding carboxylic acids is 1. The predicted octanol–water partition coefficient (Wildman–Crippen LogP) is 5.06. The van der Waals surface area contributed by atoms with Gasteiger partial charge in [-0.15, -0.1) is 0 Å². The molecule has 2 nitrogen and oxygen atoms in total. The lowest BCUT2D eigenvalue weighted by Crippen LogP contribution is -2.47. The molecule has 7 heteroatoms.